The molecule has 0 aromatic carbocycles. The molecule has 0 aromatic heterocycles. The average Bonchev–Trinajstić information content (AvgIpc) is 1.97. The van der Waals surface area contributed by atoms with Gasteiger partial charge in [-0.3, -0.25) is 4.90 Å². The van der Waals surface area contributed by atoms with E-state index in [4.69, 9.17) is 2.74 Å². The predicted molar refractivity (Wildman–Crippen MR) is 63.5 cm³/mol. The molecule has 1 saturated heterocycles. The summed E-state index contributed by atoms with van der Waals surface area (Å²) in [4.78, 5) is 2.02. The summed E-state index contributed by atoms with van der Waals surface area (Å²) in [6.07, 6.45) is 1.77. The lowest BCUT2D eigenvalue weighted by Gasteiger charge is -2.44. The monoisotopic (exact) mass is 199 g/mol. The molecule has 0 bridgehead atoms. The fourth-order valence-electron chi connectivity index (χ4n) is 2.00. The molecule has 0 aliphatic carbocycles. The van der Waals surface area contributed by atoms with Gasteiger partial charge in [-0.2, -0.15) is 0 Å². The van der Waals surface area contributed by atoms with E-state index in [1.807, 2.05) is 4.90 Å². The second-order valence-corrected chi connectivity index (χ2v) is 6.54. The normalized spacial score (nSPS) is 32.3. The first kappa shape index (κ1) is 9.21. The first-order valence-electron chi connectivity index (χ1n) is 6.72. The van der Waals surface area contributed by atoms with Crippen molar-refractivity contribution in [2.24, 2.45) is 11.3 Å². The molecule has 1 heterocycles. The molecule has 1 atom stereocenters. The van der Waals surface area contributed by atoms with Crippen LogP contribution in [0, 0.1) is 11.3 Å². The zero-order valence-electron chi connectivity index (χ0n) is 12.6. The fourth-order valence-corrected chi connectivity index (χ4v) is 2.00. The van der Waals surface area contributed by atoms with E-state index in [2.05, 4.69) is 41.5 Å². The van der Waals surface area contributed by atoms with E-state index in [1.165, 1.54) is 0 Å². The second kappa shape index (κ2) is 3.84. The van der Waals surface area contributed by atoms with Gasteiger partial charge in [0.1, 0.15) is 0 Å². The van der Waals surface area contributed by atoms with Crippen LogP contribution in [0.25, 0.3) is 0 Å². The number of rotatable bonds is 0. The zero-order valence-corrected chi connectivity index (χ0v) is 10.6. The molecule has 1 heteroatoms. The van der Waals surface area contributed by atoms with E-state index >= 15 is 0 Å². The lowest BCUT2D eigenvalue weighted by Crippen LogP contribution is -2.47. The third kappa shape index (κ3) is 2.98. The summed E-state index contributed by atoms with van der Waals surface area (Å²) in [7, 11) is 0. The van der Waals surface area contributed by atoms with Crippen LogP contribution in [0.2, 0.25) is 0 Å². The van der Waals surface area contributed by atoms with Gasteiger partial charge >= 0.3 is 0 Å². The van der Waals surface area contributed by atoms with Crippen molar-refractivity contribution in [2.75, 3.05) is 13.0 Å². The van der Waals surface area contributed by atoms with E-state index in [0.29, 0.717) is 12.3 Å². The van der Waals surface area contributed by atoms with Gasteiger partial charge in [0.05, 0.1) is 0 Å². The van der Waals surface area contributed by atoms with Crippen LogP contribution in [-0.4, -0.2) is 23.5 Å². The maximum absolute atomic E-state index is 8.24. The van der Waals surface area contributed by atoms with Crippen LogP contribution in [0.3, 0.4) is 0 Å². The van der Waals surface area contributed by atoms with Crippen molar-refractivity contribution >= 4 is 0 Å². The quantitative estimate of drug-likeness (QED) is 0.577. The van der Waals surface area contributed by atoms with Gasteiger partial charge in [0, 0.05) is 8.28 Å². The fraction of sp³-hybridized carbons (Fsp3) is 1.00. The van der Waals surface area contributed by atoms with Crippen LogP contribution in [0.15, 0.2) is 0 Å². The smallest absolute Gasteiger partial charge is 0.0431 e. The van der Waals surface area contributed by atoms with Crippen molar-refractivity contribution in [3.63, 3.8) is 0 Å². The molecule has 1 nitrogen and oxygen atoms in total. The van der Waals surface area contributed by atoms with Crippen molar-refractivity contribution in [3.05, 3.63) is 0 Å². The third-order valence-corrected chi connectivity index (χ3v) is 3.26. The van der Waals surface area contributed by atoms with Gasteiger partial charge in [-0.15, -0.1) is 0 Å². The molecule has 1 unspecified atom stereocenters. The van der Waals surface area contributed by atoms with Crippen molar-refractivity contribution in [3.8, 4) is 0 Å². The molecule has 0 aromatic rings. The third-order valence-electron chi connectivity index (χ3n) is 3.26. The highest BCUT2D eigenvalue weighted by Crippen LogP contribution is 2.35. The summed E-state index contributed by atoms with van der Waals surface area (Å²) in [5, 5.41) is 0. The summed E-state index contributed by atoms with van der Waals surface area (Å²) in [6.45, 7) is 12.7. The standard InChI is InChI=1S/C13H27N/c1-12(2,3)11-7-9-14(10-8-11)13(4,5)6/h11H,7-10H2,1-6H3/i9D2. The van der Waals surface area contributed by atoms with E-state index in [-0.39, 0.29) is 11.0 Å². The van der Waals surface area contributed by atoms with Crippen molar-refractivity contribution in [1.29, 1.82) is 0 Å². The van der Waals surface area contributed by atoms with Gasteiger partial charge in [0.15, 0.2) is 0 Å². The minimum Gasteiger partial charge on any atom is -0.298 e. The molecule has 0 amide bonds. The Labute approximate surface area is 92.7 Å². The molecular formula is C13H27N. The first-order valence-corrected chi connectivity index (χ1v) is 5.72. The number of likely N-dealkylation sites (tertiary alicyclic amines) is 1. The zero-order chi connectivity index (χ0) is 12.8. The van der Waals surface area contributed by atoms with Gasteiger partial charge in [-0.05, 0) is 58.0 Å². The molecule has 0 radical (unpaired) electrons. The molecule has 1 rings (SSSR count). The van der Waals surface area contributed by atoms with Gasteiger partial charge in [0.25, 0.3) is 0 Å². The van der Waals surface area contributed by atoms with Crippen LogP contribution in [-0.2, 0) is 0 Å². The SMILES string of the molecule is [2H]C1([2H])CC(C(C)(C)C)CCN1C(C)(C)C. The molecule has 0 spiro atoms. The van der Waals surface area contributed by atoms with Crippen LogP contribution < -0.4 is 0 Å². The Bertz CT molecular complexity index is 248. The lowest BCUT2D eigenvalue weighted by atomic mass is 9.75. The maximum Gasteiger partial charge on any atom is 0.0431 e. The number of piperidine rings is 1. The van der Waals surface area contributed by atoms with Crippen LogP contribution in [0.5, 0.6) is 0 Å². The lowest BCUT2D eigenvalue weighted by molar-refractivity contribution is 0.0532. The number of hydrogen-bond donors (Lipinski definition) is 0. The molecular weight excluding hydrogens is 170 g/mol. The van der Waals surface area contributed by atoms with Gasteiger partial charge in [-0.1, -0.05) is 20.8 Å². The van der Waals surface area contributed by atoms with Crippen molar-refractivity contribution in [1.82, 2.24) is 4.90 Å². The summed E-state index contributed by atoms with van der Waals surface area (Å²) < 4.78 is 16.5. The summed E-state index contributed by atoms with van der Waals surface area (Å²) in [5.74, 6) is 0.487. The Balaban J connectivity index is 2.82. The largest absolute Gasteiger partial charge is 0.298 e. The molecule has 1 aliphatic rings. The van der Waals surface area contributed by atoms with Crippen LogP contribution in [0.4, 0.5) is 0 Å². The number of hydrogen-bond acceptors (Lipinski definition) is 1. The van der Waals surface area contributed by atoms with Crippen LogP contribution >= 0.6 is 0 Å². The van der Waals surface area contributed by atoms with Gasteiger partial charge in [-0.25, -0.2) is 0 Å². The minimum atomic E-state index is -1.16. The molecule has 0 saturated carbocycles. The predicted octanol–water partition coefficient (Wildman–Crippen LogP) is 3.54. The number of nitrogens with zero attached hydrogens (tertiary/aromatic N) is 1. The molecule has 1 aliphatic heterocycles. The van der Waals surface area contributed by atoms with Crippen molar-refractivity contribution < 1.29 is 2.74 Å². The van der Waals surface area contributed by atoms with E-state index < -0.39 is 6.50 Å². The Morgan fingerprint density at radius 2 is 1.64 bits per heavy atom. The highest BCUT2D eigenvalue weighted by atomic mass is 15.2. The second-order valence-electron chi connectivity index (χ2n) is 6.54. The Kier molecular flexibility index (Phi) is 2.53. The molecule has 1 fully saturated rings. The molecule has 84 valence electrons. The van der Waals surface area contributed by atoms with Gasteiger partial charge in [0.2, 0.25) is 0 Å². The van der Waals surface area contributed by atoms with Crippen molar-refractivity contribution in [2.45, 2.75) is 59.9 Å². The van der Waals surface area contributed by atoms with E-state index in [1.54, 1.807) is 0 Å². The highest BCUT2D eigenvalue weighted by molar-refractivity contribution is 4.85. The topological polar surface area (TPSA) is 3.24 Å². The summed E-state index contributed by atoms with van der Waals surface area (Å²) in [6, 6.07) is 0. The maximum atomic E-state index is 8.24. The van der Waals surface area contributed by atoms with Crippen LogP contribution in [0.1, 0.15) is 57.1 Å². The first-order chi connectivity index (χ1) is 6.94. The molecule has 0 N–H and O–H groups in total. The van der Waals surface area contributed by atoms with E-state index in [9.17, 15) is 0 Å². The Morgan fingerprint density at radius 3 is 2.00 bits per heavy atom. The minimum absolute atomic E-state index is 0.0770. The molecule has 14 heavy (non-hydrogen) atoms. The average molecular weight is 199 g/mol. The summed E-state index contributed by atoms with van der Waals surface area (Å²) in [5.41, 5.74) is 0.143. The highest BCUT2D eigenvalue weighted by Gasteiger charge is 2.32. The Morgan fingerprint density at radius 1 is 1.07 bits per heavy atom. The summed E-state index contributed by atoms with van der Waals surface area (Å²) >= 11 is 0. The Hall–Kier alpha value is -0.0400. The van der Waals surface area contributed by atoms with E-state index in [0.717, 1.165) is 13.0 Å². The van der Waals surface area contributed by atoms with Gasteiger partial charge < -0.3 is 0 Å².